The number of carbonyl (C=O) groups excluding carboxylic acids is 1. The number of para-hydroxylation sites is 1. The van der Waals surface area contributed by atoms with E-state index in [1.807, 2.05) is 65.4 Å². The SMILES string of the molecule is O=C1Cc2ccccc2OC1(OCCn1ccnc1)c1ccccc1. The summed E-state index contributed by atoms with van der Waals surface area (Å²) in [6.45, 7) is 0.923. The van der Waals surface area contributed by atoms with E-state index in [2.05, 4.69) is 4.98 Å². The van der Waals surface area contributed by atoms with E-state index in [4.69, 9.17) is 9.47 Å². The Bertz CT molecular complexity index is 862. The molecule has 0 radical (unpaired) electrons. The predicted molar refractivity (Wildman–Crippen MR) is 92.1 cm³/mol. The minimum atomic E-state index is -1.41. The summed E-state index contributed by atoms with van der Waals surface area (Å²) in [5.74, 6) is -0.812. The topological polar surface area (TPSA) is 53.4 Å². The minimum Gasteiger partial charge on any atom is -0.450 e. The Morgan fingerprint density at radius 3 is 2.72 bits per heavy atom. The Morgan fingerprint density at radius 2 is 1.92 bits per heavy atom. The first-order valence-corrected chi connectivity index (χ1v) is 8.23. The van der Waals surface area contributed by atoms with Gasteiger partial charge in [0.15, 0.2) is 0 Å². The van der Waals surface area contributed by atoms with Crippen LogP contribution in [-0.4, -0.2) is 21.9 Å². The zero-order chi connectivity index (χ0) is 17.1. The molecule has 1 aliphatic rings. The lowest BCUT2D eigenvalue weighted by molar-refractivity contribution is -0.202. The van der Waals surface area contributed by atoms with Crippen LogP contribution in [0.25, 0.3) is 0 Å². The minimum absolute atomic E-state index is 0.0944. The fourth-order valence-electron chi connectivity index (χ4n) is 3.04. The molecule has 0 N–H and O–H groups in total. The van der Waals surface area contributed by atoms with Gasteiger partial charge < -0.3 is 14.0 Å². The molecule has 0 bridgehead atoms. The van der Waals surface area contributed by atoms with Gasteiger partial charge in [0.1, 0.15) is 5.75 Å². The van der Waals surface area contributed by atoms with Crippen molar-refractivity contribution in [1.82, 2.24) is 9.55 Å². The van der Waals surface area contributed by atoms with Crippen molar-refractivity contribution in [1.29, 1.82) is 0 Å². The highest BCUT2D eigenvalue weighted by molar-refractivity contribution is 5.91. The molecular formula is C20H18N2O3. The number of rotatable bonds is 5. The summed E-state index contributed by atoms with van der Waals surface area (Å²) in [4.78, 5) is 17.0. The standard InChI is InChI=1S/C20H18N2O3/c23-19-14-16-6-4-5-9-18(16)25-20(19,17-7-2-1-3-8-17)24-13-12-22-11-10-21-15-22/h1-11,15H,12-14H2. The smallest absolute Gasteiger partial charge is 0.298 e. The van der Waals surface area contributed by atoms with Crippen molar-refractivity contribution in [2.75, 3.05) is 6.61 Å². The van der Waals surface area contributed by atoms with Crippen LogP contribution in [0.5, 0.6) is 5.75 Å². The largest absolute Gasteiger partial charge is 0.450 e. The summed E-state index contributed by atoms with van der Waals surface area (Å²) in [6, 6.07) is 17.0. The molecule has 3 aromatic rings. The van der Waals surface area contributed by atoms with Crippen molar-refractivity contribution in [3.63, 3.8) is 0 Å². The van der Waals surface area contributed by atoms with Gasteiger partial charge in [0.25, 0.3) is 5.79 Å². The number of ketones is 1. The van der Waals surface area contributed by atoms with Crippen molar-refractivity contribution >= 4 is 5.78 Å². The van der Waals surface area contributed by atoms with Crippen LogP contribution in [0.15, 0.2) is 73.3 Å². The van der Waals surface area contributed by atoms with E-state index in [0.29, 0.717) is 24.5 Å². The number of benzene rings is 2. The molecule has 2 aromatic carbocycles. The molecule has 126 valence electrons. The normalized spacial score (nSPS) is 19.3. The Kier molecular flexibility index (Phi) is 4.07. The van der Waals surface area contributed by atoms with Crippen LogP contribution in [0.4, 0.5) is 0 Å². The number of hydrogen-bond donors (Lipinski definition) is 0. The quantitative estimate of drug-likeness (QED) is 0.720. The van der Waals surface area contributed by atoms with Gasteiger partial charge in [0.2, 0.25) is 5.78 Å². The monoisotopic (exact) mass is 334 g/mol. The zero-order valence-electron chi connectivity index (χ0n) is 13.7. The second kappa shape index (κ2) is 6.53. The third kappa shape index (κ3) is 2.94. The molecule has 1 aromatic heterocycles. The van der Waals surface area contributed by atoms with Gasteiger partial charge in [0.05, 0.1) is 12.9 Å². The van der Waals surface area contributed by atoms with Crippen molar-refractivity contribution in [3.8, 4) is 5.75 Å². The summed E-state index contributed by atoms with van der Waals surface area (Å²) >= 11 is 0. The Hall–Kier alpha value is -2.92. The molecule has 1 atom stereocenters. The van der Waals surface area contributed by atoms with E-state index in [0.717, 1.165) is 5.56 Å². The molecule has 1 unspecified atom stereocenters. The number of nitrogens with zero attached hydrogens (tertiary/aromatic N) is 2. The van der Waals surface area contributed by atoms with Crippen molar-refractivity contribution < 1.29 is 14.3 Å². The molecular weight excluding hydrogens is 316 g/mol. The molecule has 2 heterocycles. The maximum atomic E-state index is 13.0. The summed E-state index contributed by atoms with van der Waals surface area (Å²) in [5.41, 5.74) is 1.59. The van der Waals surface area contributed by atoms with Gasteiger partial charge in [-0.2, -0.15) is 0 Å². The second-order valence-corrected chi connectivity index (χ2v) is 5.94. The first-order chi connectivity index (χ1) is 12.3. The molecule has 25 heavy (non-hydrogen) atoms. The van der Waals surface area contributed by atoms with Crippen molar-refractivity contribution in [2.24, 2.45) is 0 Å². The van der Waals surface area contributed by atoms with Gasteiger partial charge >= 0.3 is 0 Å². The summed E-state index contributed by atoms with van der Waals surface area (Å²) in [5, 5.41) is 0. The van der Waals surface area contributed by atoms with Crippen LogP contribution in [0, 0.1) is 0 Å². The van der Waals surface area contributed by atoms with E-state index >= 15 is 0 Å². The Morgan fingerprint density at radius 1 is 1.12 bits per heavy atom. The highest BCUT2D eigenvalue weighted by atomic mass is 16.7. The lowest BCUT2D eigenvalue weighted by atomic mass is 9.92. The Balaban J connectivity index is 1.66. The van der Waals surface area contributed by atoms with Gasteiger partial charge in [0, 0.05) is 36.5 Å². The molecule has 0 aliphatic carbocycles. The van der Waals surface area contributed by atoms with Crippen LogP contribution in [0.3, 0.4) is 0 Å². The van der Waals surface area contributed by atoms with Gasteiger partial charge in [-0.3, -0.25) is 4.79 Å². The predicted octanol–water partition coefficient (Wildman–Crippen LogP) is 2.96. The fourth-order valence-corrected chi connectivity index (χ4v) is 3.04. The van der Waals surface area contributed by atoms with Gasteiger partial charge in [-0.05, 0) is 6.07 Å². The third-order valence-electron chi connectivity index (χ3n) is 4.31. The summed E-state index contributed by atoms with van der Waals surface area (Å²) < 4.78 is 14.1. The van der Waals surface area contributed by atoms with Crippen molar-refractivity contribution in [2.45, 2.75) is 18.8 Å². The zero-order valence-corrected chi connectivity index (χ0v) is 13.7. The number of ether oxygens (including phenoxy) is 2. The maximum Gasteiger partial charge on any atom is 0.298 e. The van der Waals surface area contributed by atoms with E-state index in [9.17, 15) is 4.79 Å². The van der Waals surface area contributed by atoms with Gasteiger partial charge in [-0.25, -0.2) is 4.98 Å². The third-order valence-corrected chi connectivity index (χ3v) is 4.31. The van der Waals surface area contributed by atoms with E-state index in [1.165, 1.54) is 0 Å². The highest BCUT2D eigenvalue weighted by Crippen LogP contribution is 2.38. The number of aromatic nitrogens is 2. The van der Waals surface area contributed by atoms with Crippen LogP contribution < -0.4 is 4.74 Å². The molecule has 0 spiro atoms. The molecule has 0 saturated carbocycles. The number of fused-ring (bicyclic) bond motifs is 1. The molecule has 0 saturated heterocycles. The molecule has 1 aliphatic heterocycles. The summed E-state index contributed by atoms with van der Waals surface area (Å²) in [7, 11) is 0. The van der Waals surface area contributed by atoms with Crippen LogP contribution in [-0.2, 0) is 28.3 Å². The maximum absolute atomic E-state index is 13.0. The van der Waals surface area contributed by atoms with Crippen LogP contribution >= 0.6 is 0 Å². The average molecular weight is 334 g/mol. The van der Waals surface area contributed by atoms with E-state index < -0.39 is 5.79 Å². The molecule has 5 nitrogen and oxygen atoms in total. The van der Waals surface area contributed by atoms with Gasteiger partial charge in [-0.1, -0.05) is 48.5 Å². The number of imidazole rings is 1. The summed E-state index contributed by atoms with van der Waals surface area (Å²) in [6.07, 6.45) is 5.58. The molecule has 0 amide bonds. The number of Topliss-reactive ketones (excluding diaryl/α,β-unsaturated/α-hetero) is 1. The second-order valence-electron chi connectivity index (χ2n) is 5.94. The van der Waals surface area contributed by atoms with Crippen LogP contribution in [0.2, 0.25) is 0 Å². The van der Waals surface area contributed by atoms with Gasteiger partial charge in [-0.15, -0.1) is 0 Å². The van der Waals surface area contributed by atoms with E-state index in [-0.39, 0.29) is 12.2 Å². The first kappa shape index (κ1) is 15.6. The molecule has 4 rings (SSSR count). The number of hydrogen-bond acceptors (Lipinski definition) is 4. The average Bonchev–Trinajstić information content (AvgIpc) is 3.16. The fraction of sp³-hybridized carbons (Fsp3) is 0.200. The van der Waals surface area contributed by atoms with E-state index in [1.54, 1.807) is 12.5 Å². The van der Waals surface area contributed by atoms with Crippen molar-refractivity contribution in [3.05, 3.63) is 84.4 Å². The van der Waals surface area contributed by atoms with Crippen LogP contribution in [0.1, 0.15) is 11.1 Å². The molecule has 5 heteroatoms. The first-order valence-electron chi connectivity index (χ1n) is 8.23. The molecule has 0 fully saturated rings. The number of carbonyl (C=O) groups is 1. The lowest BCUT2D eigenvalue weighted by Crippen LogP contribution is -2.48. The lowest BCUT2D eigenvalue weighted by Gasteiger charge is -2.37. The Labute approximate surface area is 145 Å². The highest BCUT2D eigenvalue weighted by Gasteiger charge is 2.47.